The summed E-state index contributed by atoms with van der Waals surface area (Å²) in [6, 6.07) is 8.79. The lowest BCUT2D eigenvalue weighted by Gasteiger charge is -2.48. The molecule has 0 aliphatic carbocycles. The predicted molar refractivity (Wildman–Crippen MR) is 93.8 cm³/mol. The van der Waals surface area contributed by atoms with Gasteiger partial charge in [0.15, 0.2) is 0 Å². The zero-order valence-electron chi connectivity index (χ0n) is 13.9. The van der Waals surface area contributed by atoms with Crippen molar-refractivity contribution < 1.29 is 4.39 Å². The van der Waals surface area contributed by atoms with Crippen molar-refractivity contribution in [1.82, 2.24) is 9.97 Å². The van der Waals surface area contributed by atoms with Crippen LogP contribution in [0.4, 0.5) is 16.0 Å². The smallest absolute Gasteiger partial charge is 0.225 e. The Balaban J connectivity index is 1.44. The van der Waals surface area contributed by atoms with Crippen molar-refractivity contribution in [3.63, 3.8) is 0 Å². The van der Waals surface area contributed by atoms with E-state index in [2.05, 4.69) is 19.8 Å². The molecule has 3 heterocycles. The topological polar surface area (TPSA) is 32.3 Å². The zero-order valence-corrected chi connectivity index (χ0v) is 13.9. The SMILES string of the molecule is Fc1ccc(N2CCCC3(CCN(c4ncccn4)CC3)C2)cc1. The van der Waals surface area contributed by atoms with E-state index < -0.39 is 0 Å². The van der Waals surface area contributed by atoms with Gasteiger partial charge in [-0.2, -0.15) is 0 Å². The largest absolute Gasteiger partial charge is 0.371 e. The van der Waals surface area contributed by atoms with E-state index >= 15 is 0 Å². The first kappa shape index (κ1) is 15.4. The number of piperidine rings is 2. The third-order valence-electron chi connectivity index (χ3n) is 5.51. The van der Waals surface area contributed by atoms with Gasteiger partial charge in [0, 0.05) is 44.3 Å². The number of anilines is 2. The molecule has 1 aromatic carbocycles. The van der Waals surface area contributed by atoms with E-state index in [-0.39, 0.29) is 5.82 Å². The molecule has 1 spiro atoms. The van der Waals surface area contributed by atoms with Crippen molar-refractivity contribution >= 4 is 11.6 Å². The zero-order chi connectivity index (χ0) is 16.4. The van der Waals surface area contributed by atoms with Gasteiger partial charge in [-0.05, 0) is 61.4 Å². The molecule has 4 nitrogen and oxygen atoms in total. The van der Waals surface area contributed by atoms with Crippen LogP contribution in [0.5, 0.6) is 0 Å². The highest BCUT2D eigenvalue weighted by molar-refractivity contribution is 5.47. The summed E-state index contributed by atoms with van der Waals surface area (Å²) in [5.41, 5.74) is 1.52. The normalized spacial score (nSPS) is 20.4. The highest BCUT2D eigenvalue weighted by Crippen LogP contribution is 2.41. The van der Waals surface area contributed by atoms with Gasteiger partial charge in [0.25, 0.3) is 0 Å². The second kappa shape index (κ2) is 6.38. The molecular formula is C19H23FN4. The van der Waals surface area contributed by atoms with Crippen LogP contribution in [0, 0.1) is 11.2 Å². The summed E-state index contributed by atoms with van der Waals surface area (Å²) in [6.45, 7) is 4.17. The fraction of sp³-hybridized carbons (Fsp3) is 0.474. The molecule has 0 radical (unpaired) electrons. The van der Waals surface area contributed by atoms with Crippen molar-refractivity contribution in [3.8, 4) is 0 Å². The lowest BCUT2D eigenvalue weighted by molar-refractivity contribution is 0.178. The second-order valence-corrected chi connectivity index (χ2v) is 7.04. The van der Waals surface area contributed by atoms with Gasteiger partial charge >= 0.3 is 0 Å². The van der Waals surface area contributed by atoms with Gasteiger partial charge in [-0.25, -0.2) is 14.4 Å². The van der Waals surface area contributed by atoms with Crippen LogP contribution in [-0.4, -0.2) is 36.1 Å². The number of hydrogen-bond acceptors (Lipinski definition) is 4. The Morgan fingerprint density at radius 2 is 1.58 bits per heavy atom. The van der Waals surface area contributed by atoms with Gasteiger partial charge in [0.05, 0.1) is 0 Å². The average molecular weight is 326 g/mol. The number of nitrogens with zero attached hydrogens (tertiary/aromatic N) is 4. The maximum absolute atomic E-state index is 13.2. The Bertz CT molecular complexity index is 666. The van der Waals surface area contributed by atoms with E-state index in [1.807, 2.05) is 30.6 Å². The summed E-state index contributed by atoms with van der Waals surface area (Å²) in [5, 5.41) is 0. The predicted octanol–water partition coefficient (Wildman–Crippen LogP) is 3.50. The molecule has 2 saturated heterocycles. The Morgan fingerprint density at radius 1 is 0.875 bits per heavy atom. The number of rotatable bonds is 2. The van der Waals surface area contributed by atoms with E-state index in [4.69, 9.17) is 0 Å². The summed E-state index contributed by atoms with van der Waals surface area (Å²) in [5.74, 6) is 0.681. The fourth-order valence-corrected chi connectivity index (χ4v) is 4.12. The number of benzene rings is 1. The minimum Gasteiger partial charge on any atom is -0.371 e. The highest BCUT2D eigenvalue weighted by Gasteiger charge is 2.38. The standard InChI is InChI=1S/C19H23FN4/c20-16-3-5-17(6-4-16)24-12-1-7-19(15-24)8-13-23(14-9-19)18-21-10-2-11-22-18/h2-6,10-11H,1,7-9,12-15H2. The monoisotopic (exact) mass is 326 g/mol. The molecule has 0 unspecified atom stereocenters. The lowest BCUT2D eigenvalue weighted by atomic mass is 9.72. The van der Waals surface area contributed by atoms with Crippen LogP contribution in [0.1, 0.15) is 25.7 Å². The Hall–Kier alpha value is -2.17. The van der Waals surface area contributed by atoms with Crippen LogP contribution >= 0.6 is 0 Å². The molecule has 0 N–H and O–H groups in total. The third kappa shape index (κ3) is 3.07. The van der Waals surface area contributed by atoms with Gasteiger partial charge in [-0.3, -0.25) is 0 Å². The molecule has 4 rings (SSSR count). The molecular weight excluding hydrogens is 303 g/mol. The van der Waals surface area contributed by atoms with Crippen LogP contribution in [0.15, 0.2) is 42.7 Å². The molecule has 0 saturated carbocycles. The average Bonchev–Trinajstić information content (AvgIpc) is 2.64. The van der Waals surface area contributed by atoms with Crippen LogP contribution in [0.25, 0.3) is 0 Å². The van der Waals surface area contributed by atoms with Gasteiger partial charge in [-0.15, -0.1) is 0 Å². The summed E-state index contributed by atoms with van der Waals surface area (Å²) in [6.07, 6.45) is 8.45. The first-order chi connectivity index (χ1) is 11.7. The van der Waals surface area contributed by atoms with Gasteiger partial charge in [0.2, 0.25) is 5.95 Å². The lowest BCUT2D eigenvalue weighted by Crippen LogP contribution is -2.50. The van der Waals surface area contributed by atoms with Crippen molar-refractivity contribution in [2.45, 2.75) is 25.7 Å². The van der Waals surface area contributed by atoms with Crippen LogP contribution in [-0.2, 0) is 0 Å². The highest BCUT2D eigenvalue weighted by atomic mass is 19.1. The molecule has 1 aromatic heterocycles. The quantitative estimate of drug-likeness (QED) is 0.845. The van der Waals surface area contributed by atoms with Crippen molar-refractivity contribution in [2.75, 3.05) is 36.0 Å². The van der Waals surface area contributed by atoms with Gasteiger partial charge in [-0.1, -0.05) is 0 Å². The summed E-state index contributed by atoms with van der Waals surface area (Å²) >= 11 is 0. The molecule has 0 amide bonds. The first-order valence-electron chi connectivity index (χ1n) is 8.77. The molecule has 0 atom stereocenters. The number of halogens is 1. The first-order valence-corrected chi connectivity index (χ1v) is 8.77. The minimum atomic E-state index is -0.165. The molecule has 126 valence electrons. The van der Waals surface area contributed by atoms with Crippen molar-refractivity contribution in [3.05, 3.63) is 48.5 Å². The maximum Gasteiger partial charge on any atom is 0.225 e. The van der Waals surface area contributed by atoms with Crippen LogP contribution < -0.4 is 9.80 Å². The van der Waals surface area contributed by atoms with E-state index in [1.54, 1.807) is 12.1 Å². The molecule has 0 bridgehead atoms. The Kier molecular flexibility index (Phi) is 4.08. The van der Waals surface area contributed by atoms with Gasteiger partial charge in [0.1, 0.15) is 5.82 Å². The van der Waals surface area contributed by atoms with Gasteiger partial charge < -0.3 is 9.80 Å². The number of hydrogen-bond donors (Lipinski definition) is 0. The summed E-state index contributed by atoms with van der Waals surface area (Å²) < 4.78 is 13.2. The molecule has 2 fully saturated rings. The van der Waals surface area contributed by atoms with Crippen LogP contribution in [0.3, 0.4) is 0 Å². The third-order valence-corrected chi connectivity index (χ3v) is 5.51. The van der Waals surface area contributed by atoms with Crippen molar-refractivity contribution in [1.29, 1.82) is 0 Å². The minimum absolute atomic E-state index is 0.165. The summed E-state index contributed by atoms with van der Waals surface area (Å²) in [4.78, 5) is 13.5. The molecule has 24 heavy (non-hydrogen) atoms. The van der Waals surface area contributed by atoms with E-state index in [1.165, 1.54) is 25.7 Å². The van der Waals surface area contributed by atoms with Crippen LogP contribution in [0.2, 0.25) is 0 Å². The second-order valence-electron chi connectivity index (χ2n) is 7.04. The molecule has 2 aromatic rings. The maximum atomic E-state index is 13.2. The van der Waals surface area contributed by atoms with E-state index in [0.29, 0.717) is 5.41 Å². The summed E-state index contributed by atoms with van der Waals surface area (Å²) in [7, 11) is 0. The molecule has 2 aliphatic heterocycles. The Morgan fingerprint density at radius 3 is 2.29 bits per heavy atom. The number of aromatic nitrogens is 2. The Labute approximate surface area is 142 Å². The molecule has 5 heteroatoms. The molecule has 2 aliphatic rings. The van der Waals surface area contributed by atoms with Crippen molar-refractivity contribution in [2.24, 2.45) is 5.41 Å². The fourth-order valence-electron chi connectivity index (χ4n) is 4.12. The van der Waals surface area contributed by atoms with E-state index in [9.17, 15) is 4.39 Å². The van der Waals surface area contributed by atoms with E-state index in [0.717, 1.165) is 37.8 Å².